The van der Waals surface area contributed by atoms with E-state index in [1.54, 1.807) is 6.07 Å². The van der Waals surface area contributed by atoms with Crippen LogP contribution in [-0.2, 0) is 6.42 Å². The fourth-order valence-corrected chi connectivity index (χ4v) is 3.13. The Bertz CT molecular complexity index is 481. The summed E-state index contributed by atoms with van der Waals surface area (Å²) in [4.78, 5) is 2.35. The number of halogens is 1. The first-order valence-corrected chi connectivity index (χ1v) is 7.97. The fraction of sp³-hybridized carbons (Fsp3) is 0.625. The number of ether oxygens (including phenoxy) is 1. The molecule has 1 aliphatic rings. The first-order chi connectivity index (χ1) is 10.0. The Hall–Kier alpha value is -0.970. The molecule has 0 saturated carbocycles. The molecule has 0 aliphatic carbocycles. The lowest BCUT2D eigenvalue weighted by molar-refractivity contribution is 0.0290. The maximum atomic E-state index is 10.2. The van der Waals surface area contributed by atoms with Gasteiger partial charge in [0.1, 0.15) is 0 Å². The van der Waals surface area contributed by atoms with Gasteiger partial charge in [-0.2, -0.15) is 0 Å². The molecule has 0 aromatic heterocycles. The lowest BCUT2D eigenvalue weighted by Crippen LogP contribution is -2.43. The van der Waals surface area contributed by atoms with Crippen LogP contribution in [0, 0.1) is 5.92 Å². The van der Waals surface area contributed by atoms with E-state index in [1.807, 2.05) is 13.0 Å². The van der Waals surface area contributed by atoms with E-state index >= 15 is 0 Å². The molecule has 0 bridgehead atoms. The van der Waals surface area contributed by atoms with Gasteiger partial charge in [-0.25, -0.2) is 0 Å². The quantitative estimate of drug-likeness (QED) is 0.877. The Morgan fingerprint density at radius 3 is 2.81 bits per heavy atom. The third-order valence-corrected chi connectivity index (χ3v) is 4.40. The van der Waals surface area contributed by atoms with Crippen molar-refractivity contribution < 1.29 is 14.9 Å². The topological polar surface area (TPSA) is 52.9 Å². The number of benzene rings is 1. The molecule has 21 heavy (non-hydrogen) atoms. The second-order valence-electron chi connectivity index (χ2n) is 5.57. The third kappa shape index (κ3) is 4.02. The standard InChI is InChI=1S/C16H24ClNO3/c1-3-18-6-5-14(19)12(10-18)7-11-8-13(17)16(20)15(9-11)21-4-2/h8-9,12,14,19-20H,3-7,10H2,1-2H3. The summed E-state index contributed by atoms with van der Waals surface area (Å²) in [5.74, 6) is 0.591. The predicted octanol–water partition coefficient (Wildman–Crippen LogP) is 2.69. The van der Waals surface area contributed by atoms with E-state index in [0.29, 0.717) is 17.4 Å². The van der Waals surface area contributed by atoms with E-state index in [4.69, 9.17) is 16.3 Å². The zero-order valence-corrected chi connectivity index (χ0v) is 13.4. The van der Waals surface area contributed by atoms with Crippen LogP contribution >= 0.6 is 11.6 Å². The van der Waals surface area contributed by atoms with Gasteiger partial charge in [0.25, 0.3) is 0 Å². The number of aliphatic hydroxyl groups excluding tert-OH is 1. The molecule has 4 nitrogen and oxygen atoms in total. The second kappa shape index (κ2) is 7.34. The maximum Gasteiger partial charge on any atom is 0.176 e. The fourth-order valence-electron chi connectivity index (χ4n) is 2.90. The largest absolute Gasteiger partial charge is 0.503 e. The molecule has 1 fully saturated rings. The zero-order chi connectivity index (χ0) is 15.4. The Kier molecular flexibility index (Phi) is 5.73. The predicted molar refractivity (Wildman–Crippen MR) is 84.2 cm³/mol. The second-order valence-corrected chi connectivity index (χ2v) is 5.98. The molecule has 0 amide bonds. The first-order valence-electron chi connectivity index (χ1n) is 7.59. The van der Waals surface area contributed by atoms with Gasteiger partial charge in [0.2, 0.25) is 0 Å². The van der Waals surface area contributed by atoms with Crippen LogP contribution in [0.25, 0.3) is 0 Å². The molecule has 5 heteroatoms. The van der Waals surface area contributed by atoms with Gasteiger partial charge in [0, 0.05) is 19.0 Å². The van der Waals surface area contributed by atoms with Gasteiger partial charge < -0.3 is 19.8 Å². The number of hydrogen-bond donors (Lipinski definition) is 2. The zero-order valence-electron chi connectivity index (χ0n) is 12.7. The van der Waals surface area contributed by atoms with Crippen LogP contribution in [0.15, 0.2) is 12.1 Å². The number of nitrogens with zero attached hydrogens (tertiary/aromatic N) is 1. The van der Waals surface area contributed by atoms with Crippen molar-refractivity contribution in [2.45, 2.75) is 32.8 Å². The normalized spacial score (nSPS) is 23.2. The molecule has 1 saturated heterocycles. The summed E-state index contributed by atoms with van der Waals surface area (Å²) in [7, 11) is 0. The van der Waals surface area contributed by atoms with Gasteiger partial charge in [-0.15, -0.1) is 0 Å². The molecule has 0 radical (unpaired) electrons. The number of rotatable bonds is 5. The summed E-state index contributed by atoms with van der Waals surface area (Å²) in [6.07, 6.45) is 1.26. The molecule has 0 spiro atoms. The van der Waals surface area contributed by atoms with Crippen LogP contribution in [-0.4, -0.2) is 47.5 Å². The smallest absolute Gasteiger partial charge is 0.176 e. The Morgan fingerprint density at radius 2 is 2.14 bits per heavy atom. The van der Waals surface area contributed by atoms with E-state index in [9.17, 15) is 10.2 Å². The molecular weight excluding hydrogens is 290 g/mol. The molecule has 2 rings (SSSR count). The highest BCUT2D eigenvalue weighted by molar-refractivity contribution is 6.32. The molecular formula is C16H24ClNO3. The van der Waals surface area contributed by atoms with Gasteiger partial charge in [0.05, 0.1) is 17.7 Å². The lowest BCUT2D eigenvalue weighted by atomic mass is 9.88. The minimum Gasteiger partial charge on any atom is -0.503 e. The summed E-state index contributed by atoms with van der Waals surface area (Å²) in [5.41, 5.74) is 0.989. The highest BCUT2D eigenvalue weighted by Gasteiger charge is 2.27. The molecule has 1 heterocycles. The Labute approximate surface area is 131 Å². The number of aromatic hydroxyl groups is 1. The summed E-state index contributed by atoms with van der Waals surface area (Å²) < 4.78 is 5.41. The highest BCUT2D eigenvalue weighted by Crippen LogP contribution is 2.36. The molecule has 1 aliphatic heterocycles. The number of hydrogen-bond acceptors (Lipinski definition) is 4. The molecule has 2 N–H and O–H groups in total. The number of phenols is 1. The summed E-state index contributed by atoms with van der Waals surface area (Å²) in [6.45, 7) is 7.32. The van der Waals surface area contributed by atoms with Crippen molar-refractivity contribution in [3.63, 3.8) is 0 Å². The molecule has 1 aromatic carbocycles. The molecule has 2 atom stereocenters. The number of phenolic OH excluding ortho intramolecular Hbond substituents is 1. The average Bonchev–Trinajstić information content (AvgIpc) is 2.47. The number of likely N-dealkylation sites (tertiary alicyclic amines) is 1. The summed E-state index contributed by atoms with van der Waals surface area (Å²) in [6, 6.07) is 3.58. The van der Waals surface area contributed by atoms with E-state index in [-0.39, 0.29) is 17.8 Å². The van der Waals surface area contributed by atoms with E-state index in [0.717, 1.165) is 38.0 Å². The van der Waals surface area contributed by atoms with Crippen LogP contribution in [0.1, 0.15) is 25.8 Å². The van der Waals surface area contributed by atoms with Crippen molar-refractivity contribution in [2.24, 2.45) is 5.92 Å². The van der Waals surface area contributed by atoms with E-state index in [1.165, 1.54) is 0 Å². The SMILES string of the molecule is CCOc1cc(CC2CN(CC)CCC2O)cc(Cl)c1O. The van der Waals surface area contributed by atoms with Crippen molar-refractivity contribution in [1.29, 1.82) is 0 Å². The molecule has 118 valence electrons. The van der Waals surface area contributed by atoms with Gasteiger partial charge in [-0.1, -0.05) is 18.5 Å². The van der Waals surface area contributed by atoms with Crippen molar-refractivity contribution in [2.75, 3.05) is 26.2 Å². The summed E-state index contributed by atoms with van der Waals surface area (Å²) in [5, 5.41) is 20.4. The van der Waals surface area contributed by atoms with Gasteiger partial charge >= 0.3 is 0 Å². The van der Waals surface area contributed by atoms with Crippen molar-refractivity contribution in [1.82, 2.24) is 4.90 Å². The highest BCUT2D eigenvalue weighted by atomic mass is 35.5. The Balaban J connectivity index is 2.14. The van der Waals surface area contributed by atoms with Crippen molar-refractivity contribution in [3.8, 4) is 11.5 Å². The minimum atomic E-state index is -0.282. The lowest BCUT2D eigenvalue weighted by Gasteiger charge is -2.35. The number of piperidine rings is 1. The van der Waals surface area contributed by atoms with Crippen molar-refractivity contribution in [3.05, 3.63) is 22.7 Å². The van der Waals surface area contributed by atoms with E-state index < -0.39 is 0 Å². The summed E-state index contributed by atoms with van der Waals surface area (Å²) >= 11 is 6.06. The van der Waals surface area contributed by atoms with Gasteiger partial charge in [0.15, 0.2) is 11.5 Å². The third-order valence-electron chi connectivity index (χ3n) is 4.11. The van der Waals surface area contributed by atoms with Gasteiger partial charge in [-0.3, -0.25) is 0 Å². The first kappa shape index (κ1) is 16.4. The minimum absolute atomic E-state index is 0.0124. The molecule has 2 unspecified atom stereocenters. The molecule has 1 aromatic rings. The maximum absolute atomic E-state index is 10.2. The van der Waals surface area contributed by atoms with Crippen LogP contribution < -0.4 is 4.74 Å². The van der Waals surface area contributed by atoms with Crippen LogP contribution in [0.5, 0.6) is 11.5 Å². The van der Waals surface area contributed by atoms with E-state index in [2.05, 4.69) is 11.8 Å². The van der Waals surface area contributed by atoms with Crippen molar-refractivity contribution >= 4 is 11.6 Å². The van der Waals surface area contributed by atoms with Gasteiger partial charge in [-0.05, 0) is 44.0 Å². The monoisotopic (exact) mass is 313 g/mol. The van der Waals surface area contributed by atoms with Crippen LogP contribution in [0.4, 0.5) is 0 Å². The van der Waals surface area contributed by atoms with Crippen LogP contribution in [0.2, 0.25) is 5.02 Å². The van der Waals surface area contributed by atoms with Crippen LogP contribution in [0.3, 0.4) is 0 Å². The number of aliphatic hydroxyl groups is 1. The average molecular weight is 314 g/mol. The Morgan fingerprint density at radius 1 is 1.38 bits per heavy atom.